The summed E-state index contributed by atoms with van der Waals surface area (Å²) in [6.45, 7) is -0.303. The molecular formula is C15H20O6. The maximum atomic E-state index is 9.77. The van der Waals surface area contributed by atoms with Crippen molar-refractivity contribution in [2.24, 2.45) is 0 Å². The standard InChI is InChI=1S/C15H20O6/c16-9-11-12(17)13(18)14(19)15(21-11)20-8-4-7-10-5-2-1-3-6-10/h1-7,11-19H,8-9H2/t11-,12+,13+,14+,15+/m0/s1. The van der Waals surface area contributed by atoms with Crippen molar-refractivity contribution in [2.45, 2.75) is 30.7 Å². The molecule has 1 aliphatic rings. The summed E-state index contributed by atoms with van der Waals surface area (Å²) in [5.41, 5.74) is 1.01. The summed E-state index contributed by atoms with van der Waals surface area (Å²) in [6, 6.07) is 9.62. The van der Waals surface area contributed by atoms with E-state index in [0.717, 1.165) is 5.56 Å². The lowest BCUT2D eigenvalue weighted by molar-refractivity contribution is -0.298. The van der Waals surface area contributed by atoms with Crippen LogP contribution in [0, 0.1) is 0 Å². The average Bonchev–Trinajstić information content (AvgIpc) is 2.52. The summed E-state index contributed by atoms with van der Waals surface area (Å²) in [7, 11) is 0. The van der Waals surface area contributed by atoms with E-state index in [1.807, 2.05) is 36.4 Å². The predicted octanol–water partition coefficient (Wildman–Crippen LogP) is -0.484. The highest BCUT2D eigenvalue weighted by molar-refractivity contribution is 5.48. The molecule has 1 fully saturated rings. The van der Waals surface area contributed by atoms with Crippen molar-refractivity contribution in [2.75, 3.05) is 13.2 Å². The average molecular weight is 296 g/mol. The normalized spacial score (nSPS) is 33.4. The van der Waals surface area contributed by atoms with Crippen LogP contribution in [0.2, 0.25) is 0 Å². The highest BCUT2D eigenvalue weighted by Gasteiger charge is 2.43. The van der Waals surface area contributed by atoms with Crippen molar-refractivity contribution in [3.63, 3.8) is 0 Å². The quantitative estimate of drug-likeness (QED) is 0.585. The molecule has 0 unspecified atom stereocenters. The van der Waals surface area contributed by atoms with Crippen LogP contribution in [0.5, 0.6) is 0 Å². The Morgan fingerprint density at radius 3 is 2.43 bits per heavy atom. The molecule has 0 aromatic heterocycles. The molecule has 1 heterocycles. The summed E-state index contributed by atoms with van der Waals surface area (Å²) >= 11 is 0. The van der Waals surface area contributed by atoms with Crippen LogP contribution in [0.1, 0.15) is 5.56 Å². The number of rotatable bonds is 5. The van der Waals surface area contributed by atoms with Gasteiger partial charge in [-0.25, -0.2) is 0 Å². The first-order valence-electron chi connectivity index (χ1n) is 6.77. The molecule has 6 nitrogen and oxygen atoms in total. The highest BCUT2D eigenvalue weighted by atomic mass is 16.7. The van der Waals surface area contributed by atoms with E-state index in [4.69, 9.17) is 14.6 Å². The van der Waals surface area contributed by atoms with E-state index in [0.29, 0.717) is 0 Å². The minimum atomic E-state index is -1.42. The Morgan fingerprint density at radius 2 is 1.76 bits per heavy atom. The number of hydrogen-bond acceptors (Lipinski definition) is 6. The first-order chi connectivity index (χ1) is 10.1. The third-order valence-electron chi connectivity index (χ3n) is 3.32. The molecule has 1 saturated heterocycles. The van der Waals surface area contributed by atoms with Crippen LogP contribution in [0.4, 0.5) is 0 Å². The van der Waals surface area contributed by atoms with Gasteiger partial charge in [-0.1, -0.05) is 42.5 Å². The number of hydrogen-bond donors (Lipinski definition) is 4. The Balaban J connectivity index is 1.86. The first kappa shape index (κ1) is 16.1. The van der Waals surface area contributed by atoms with Gasteiger partial charge in [0.25, 0.3) is 0 Å². The van der Waals surface area contributed by atoms with Crippen LogP contribution in [0.3, 0.4) is 0 Å². The maximum Gasteiger partial charge on any atom is 0.187 e. The van der Waals surface area contributed by atoms with Crippen LogP contribution in [0.15, 0.2) is 36.4 Å². The zero-order valence-electron chi connectivity index (χ0n) is 11.4. The van der Waals surface area contributed by atoms with E-state index in [1.165, 1.54) is 0 Å². The Hall–Kier alpha value is -1.28. The molecular weight excluding hydrogens is 276 g/mol. The summed E-state index contributed by atoms with van der Waals surface area (Å²) in [5, 5.41) is 38.1. The number of ether oxygens (including phenoxy) is 2. The van der Waals surface area contributed by atoms with Crippen molar-refractivity contribution in [3.05, 3.63) is 42.0 Å². The lowest BCUT2D eigenvalue weighted by atomic mass is 9.99. The van der Waals surface area contributed by atoms with Gasteiger partial charge in [0.05, 0.1) is 13.2 Å². The summed E-state index contributed by atoms with van der Waals surface area (Å²) in [5.74, 6) is 0. The van der Waals surface area contributed by atoms with Crippen molar-refractivity contribution in [1.82, 2.24) is 0 Å². The van der Waals surface area contributed by atoms with E-state index in [2.05, 4.69) is 0 Å². The Morgan fingerprint density at radius 1 is 1.05 bits per heavy atom. The van der Waals surface area contributed by atoms with Crippen LogP contribution < -0.4 is 0 Å². The van der Waals surface area contributed by atoms with Crippen LogP contribution in [-0.2, 0) is 9.47 Å². The van der Waals surface area contributed by atoms with E-state index in [9.17, 15) is 15.3 Å². The van der Waals surface area contributed by atoms with Crippen LogP contribution >= 0.6 is 0 Å². The van der Waals surface area contributed by atoms with Gasteiger partial charge in [-0.3, -0.25) is 0 Å². The summed E-state index contributed by atoms with van der Waals surface area (Å²) in [6.07, 6.45) is -2.61. The number of aliphatic hydroxyl groups is 4. The van der Waals surface area contributed by atoms with Gasteiger partial charge in [-0.2, -0.15) is 0 Å². The molecule has 4 N–H and O–H groups in total. The largest absolute Gasteiger partial charge is 0.394 e. The van der Waals surface area contributed by atoms with E-state index >= 15 is 0 Å². The van der Waals surface area contributed by atoms with Gasteiger partial charge in [-0.15, -0.1) is 0 Å². The van der Waals surface area contributed by atoms with E-state index in [-0.39, 0.29) is 6.61 Å². The van der Waals surface area contributed by atoms with Gasteiger partial charge < -0.3 is 29.9 Å². The van der Waals surface area contributed by atoms with Crippen molar-refractivity contribution >= 4 is 6.08 Å². The molecule has 0 bridgehead atoms. The molecule has 0 saturated carbocycles. The Kier molecular flexibility index (Phi) is 5.86. The molecule has 2 rings (SSSR count). The van der Waals surface area contributed by atoms with Gasteiger partial charge in [0.2, 0.25) is 0 Å². The fourth-order valence-electron chi connectivity index (χ4n) is 2.10. The molecule has 6 heteroatoms. The predicted molar refractivity (Wildman–Crippen MR) is 75.2 cm³/mol. The zero-order valence-corrected chi connectivity index (χ0v) is 11.4. The van der Waals surface area contributed by atoms with Gasteiger partial charge in [0.1, 0.15) is 24.4 Å². The highest BCUT2D eigenvalue weighted by Crippen LogP contribution is 2.21. The second-order valence-electron chi connectivity index (χ2n) is 4.84. The number of aliphatic hydroxyl groups excluding tert-OH is 4. The smallest absolute Gasteiger partial charge is 0.187 e. The van der Waals surface area contributed by atoms with Crippen molar-refractivity contribution in [3.8, 4) is 0 Å². The molecule has 1 aromatic carbocycles. The lowest BCUT2D eigenvalue weighted by Gasteiger charge is -2.39. The summed E-state index contributed by atoms with van der Waals surface area (Å²) < 4.78 is 10.5. The zero-order chi connectivity index (χ0) is 15.2. The Labute approximate surface area is 122 Å². The molecule has 1 aromatic rings. The SMILES string of the molecule is OC[C@@H]1O[C@@H](OCC=Cc2ccccc2)[C@H](O)[C@H](O)[C@@H]1O. The molecule has 21 heavy (non-hydrogen) atoms. The minimum absolute atomic E-state index is 0.164. The second kappa shape index (κ2) is 7.65. The molecule has 0 radical (unpaired) electrons. The fourth-order valence-corrected chi connectivity index (χ4v) is 2.10. The molecule has 1 aliphatic heterocycles. The topological polar surface area (TPSA) is 99.4 Å². The third-order valence-corrected chi connectivity index (χ3v) is 3.32. The van der Waals surface area contributed by atoms with E-state index < -0.39 is 37.3 Å². The fraction of sp³-hybridized carbons (Fsp3) is 0.467. The van der Waals surface area contributed by atoms with Crippen molar-refractivity contribution in [1.29, 1.82) is 0 Å². The third kappa shape index (κ3) is 4.10. The van der Waals surface area contributed by atoms with Crippen LogP contribution in [-0.4, -0.2) is 64.3 Å². The maximum absolute atomic E-state index is 9.77. The van der Waals surface area contributed by atoms with Crippen molar-refractivity contribution < 1.29 is 29.9 Å². The molecule has 0 spiro atoms. The second-order valence-corrected chi connectivity index (χ2v) is 4.84. The monoisotopic (exact) mass is 296 g/mol. The molecule has 0 amide bonds. The van der Waals surface area contributed by atoms with Gasteiger partial charge >= 0.3 is 0 Å². The number of benzene rings is 1. The molecule has 5 atom stereocenters. The van der Waals surface area contributed by atoms with Crippen LogP contribution in [0.25, 0.3) is 6.08 Å². The van der Waals surface area contributed by atoms with Gasteiger partial charge in [-0.05, 0) is 5.56 Å². The summed E-state index contributed by atoms with van der Waals surface area (Å²) in [4.78, 5) is 0. The Bertz CT molecular complexity index is 447. The molecule has 116 valence electrons. The first-order valence-corrected chi connectivity index (χ1v) is 6.77. The van der Waals surface area contributed by atoms with E-state index in [1.54, 1.807) is 6.08 Å². The minimum Gasteiger partial charge on any atom is -0.394 e. The van der Waals surface area contributed by atoms with Gasteiger partial charge in [0, 0.05) is 0 Å². The van der Waals surface area contributed by atoms with Gasteiger partial charge in [0.15, 0.2) is 6.29 Å². The molecule has 0 aliphatic carbocycles. The lowest BCUT2D eigenvalue weighted by Crippen LogP contribution is -2.59.